The van der Waals surface area contributed by atoms with Gasteiger partial charge in [-0.3, -0.25) is 0 Å². The highest BCUT2D eigenvalue weighted by atomic mass is 16.5. The van der Waals surface area contributed by atoms with E-state index in [0.29, 0.717) is 13.2 Å². The Kier molecular flexibility index (Phi) is 3.59. The van der Waals surface area contributed by atoms with E-state index in [2.05, 4.69) is 39.0 Å². The van der Waals surface area contributed by atoms with Gasteiger partial charge in [0.1, 0.15) is 5.75 Å². The monoisotopic (exact) mass is 282 g/mol. The third-order valence-electron chi connectivity index (χ3n) is 3.79. The fourth-order valence-corrected chi connectivity index (χ4v) is 2.94. The summed E-state index contributed by atoms with van der Waals surface area (Å²) in [5.74, 6) is 0.903. The summed E-state index contributed by atoms with van der Waals surface area (Å²) < 4.78 is 7.78. The zero-order chi connectivity index (χ0) is 14.8. The number of hydrogen-bond donors (Lipinski definition) is 0. The average Bonchev–Trinajstić information content (AvgIpc) is 2.99. The quantitative estimate of drug-likeness (QED) is 0.394. The Morgan fingerprint density at radius 1 is 1.38 bits per heavy atom. The van der Waals surface area contributed by atoms with Gasteiger partial charge in [-0.05, 0) is 41.8 Å². The van der Waals surface area contributed by atoms with Crippen molar-refractivity contribution in [2.75, 3.05) is 6.61 Å². The number of rotatable bonds is 5. The van der Waals surface area contributed by atoms with E-state index in [1.54, 1.807) is 0 Å². The van der Waals surface area contributed by atoms with Gasteiger partial charge in [-0.2, -0.15) is 0 Å². The van der Waals surface area contributed by atoms with E-state index < -0.39 is 0 Å². The van der Waals surface area contributed by atoms with Crippen LogP contribution in [0, 0.1) is 0 Å². The molecule has 2 aromatic rings. The van der Waals surface area contributed by atoms with Crippen LogP contribution in [0.1, 0.15) is 25.0 Å². The Morgan fingerprint density at radius 2 is 2.24 bits per heavy atom. The van der Waals surface area contributed by atoms with Gasteiger partial charge in [0.2, 0.25) is 0 Å². The van der Waals surface area contributed by atoms with Gasteiger partial charge in [-0.25, -0.2) is 0 Å². The first-order valence-electron chi connectivity index (χ1n) is 7.21. The molecule has 5 heteroatoms. The van der Waals surface area contributed by atoms with E-state index in [1.807, 2.05) is 19.9 Å². The molecule has 5 nitrogen and oxygen atoms in total. The topological polar surface area (TPSA) is 62.9 Å². The Labute approximate surface area is 123 Å². The largest absolute Gasteiger partial charge is 0.494 e. The van der Waals surface area contributed by atoms with Crippen LogP contribution in [0.5, 0.6) is 5.75 Å². The minimum Gasteiger partial charge on any atom is -0.494 e. The van der Waals surface area contributed by atoms with Crippen LogP contribution >= 0.6 is 0 Å². The van der Waals surface area contributed by atoms with Gasteiger partial charge in [0.25, 0.3) is 0 Å². The fraction of sp³-hybridized carbons (Fsp3) is 0.375. The van der Waals surface area contributed by atoms with Crippen molar-refractivity contribution in [1.29, 1.82) is 0 Å². The lowest BCUT2D eigenvalue weighted by Gasteiger charge is -2.12. The van der Waals surface area contributed by atoms with Gasteiger partial charge in [0.15, 0.2) is 0 Å². The second-order valence-corrected chi connectivity index (χ2v) is 5.32. The molecule has 0 aliphatic heterocycles. The molecule has 0 saturated carbocycles. The molecule has 1 atom stereocenters. The highest BCUT2D eigenvalue weighted by Gasteiger charge is 2.23. The van der Waals surface area contributed by atoms with Gasteiger partial charge < -0.3 is 9.30 Å². The molecule has 0 radical (unpaired) electrons. The van der Waals surface area contributed by atoms with E-state index in [-0.39, 0.29) is 6.04 Å². The molecular weight excluding hydrogens is 264 g/mol. The average molecular weight is 282 g/mol. The summed E-state index contributed by atoms with van der Waals surface area (Å²) in [6, 6.07) is 8.37. The van der Waals surface area contributed by atoms with Gasteiger partial charge in [0.05, 0.1) is 18.3 Å². The minimum absolute atomic E-state index is 0.0642. The summed E-state index contributed by atoms with van der Waals surface area (Å²) >= 11 is 0. The van der Waals surface area contributed by atoms with Gasteiger partial charge in [-0.15, -0.1) is 0 Å². The maximum Gasteiger partial charge on any atom is 0.119 e. The van der Waals surface area contributed by atoms with Crippen LogP contribution in [0.25, 0.3) is 21.7 Å². The van der Waals surface area contributed by atoms with Crippen LogP contribution in [0.4, 0.5) is 0 Å². The van der Waals surface area contributed by atoms with E-state index in [0.717, 1.165) is 12.2 Å². The Bertz CT molecular complexity index is 713. The van der Waals surface area contributed by atoms with Crippen LogP contribution in [0.3, 0.4) is 0 Å². The predicted molar refractivity (Wildman–Crippen MR) is 82.5 cm³/mol. The molecule has 1 aliphatic carbocycles. The molecule has 0 saturated heterocycles. The zero-order valence-corrected chi connectivity index (χ0v) is 12.3. The van der Waals surface area contributed by atoms with Crippen LogP contribution in [-0.2, 0) is 13.0 Å². The molecule has 0 bridgehead atoms. The van der Waals surface area contributed by atoms with E-state index in [1.165, 1.54) is 22.4 Å². The third-order valence-corrected chi connectivity index (χ3v) is 3.79. The molecular formula is C16H18N4O. The summed E-state index contributed by atoms with van der Waals surface area (Å²) in [5, 5.41) is 3.76. The molecule has 0 amide bonds. The number of azide groups is 1. The molecule has 1 aliphatic rings. The fourth-order valence-electron chi connectivity index (χ4n) is 2.94. The van der Waals surface area contributed by atoms with Crippen molar-refractivity contribution in [2.24, 2.45) is 5.11 Å². The first-order valence-corrected chi connectivity index (χ1v) is 7.21. The number of fused-ring (bicyclic) bond motifs is 3. The van der Waals surface area contributed by atoms with Gasteiger partial charge in [0, 0.05) is 29.6 Å². The normalized spacial score (nSPS) is 13.2. The third kappa shape index (κ3) is 2.48. The predicted octanol–water partition coefficient (Wildman–Crippen LogP) is 4.16. The Morgan fingerprint density at radius 3 is 3.00 bits per heavy atom. The van der Waals surface area contributed by atoms with Crippen molar-refractivity contribution in [3.05, 3.63) is 52.0 Å². The number of hydrogen-bond acceptors (Lipinski definition) is 2. The summed E-state index contributed by atoms with van der Waals surface area (Å²) in [4.78, 5) is 2.88. The number of aromatic nitrogens is 1. The zero-order valence-electron chi connectivity index (χ0n) is 12.3. The SMILES string of the molecule is CCOc1ccc2c(c1)-c1c(ccn1CC(C)N=[N+]=[N-])C2. The first kappa shape index (κ1) is 13.6. The van der Waals surface area contributed by atoms with Crippen molar-refractivity contribution < 1.29 is 4.74 Å². The van der Waals surface area contributed by atoms with E-state index in [9.17, 15) is 0 Å². The number of benzene rings is 1. The van der Waals surface area contributed by atoms with Gasteiger partial charge >= 0.3 is 0 Å². The van der Waals surface area contributed by atoms with Crippen LogP contribution in [0.2, 0.25) is 0 Å². The molecule has 1 unspecified atom stereocenters. The van der Waals surface area contributed by atoms with E-state index in [4.69, 9.17) is 10.3 Å². The Balaban J connectivity index is 1.98. The lowest BCUT2D eigenvalue weighted by molar-refractivity contribution is 0.340. The van der Waals surface area contributed by atoms with Crippen LogP contribution in [-0.4, -0.2) is 17.2 Å². The van der Waals surface area contributed by atoms with Crippen LogP contribution < -0.4 is 4.74 Å². The molecule has 0 fully saturated rings. The summed E-state index contributed by atoms with van der Waals surface area (Å²) in [7, 11) is 0. The Hall–Kier alpha value is -2.39. The molecule has 21 heavy (non-hydrogen) atoms. The molecule has 0 N–H and O–H groups in total. The molecule has 1 aromatic heterocycles. The molecule has 1 heterocycles. The summed E-state index contributed by atoms with van der Waals surface area (Å²) in [5.41, 5.74) is 13.7. The molecule has 1 aromatic carbocycles. The standard InChI is InChI=1S/C16H18N4O/c1-3-21-14-5-4-12-8-13-6-7-20(10-11(2)18-19-17)16(13)15(12)9-14/h4-7,9,11H,3,8,10H2,1-2H3. The van der Waals surface area contributed by atoms with Crippen molar-refractivity contribution in [3.63, 3.8) is 0 Å². The van der Waals surface area contributed by atoms with Crippen molar-refractivity contribution in [1.82, 2.24) is 4.57 Å². The van der Waals surface area contributed by atoms with Crippen molar-refractivity contribution in [3.8, 4) is 17.0 Å². The number of ether oxygens (including phenoxy) is 1. The second kappa shape index (κ2) is 5.54. The molecule has 3 rings (SSSR count). The highest BCUT2D eigenvalue weighted by molar-refractivity contribution is 5.75. The van der Waals surface area contributed by atoms with Crippen molar-refractivity contribution in [2.45, 2.75) is 32.9 Å². The molecule has 0 spiro atoms. The minimum atomic E-state index is -0.0642. The summed E-state index contributed by atoms with van der Waals surface area (Å²) in [6.07, 6.45) is 3.03. The smallest absolute Gasteiger partial charge is 0.119 e. The van der Waals surface area contributed by atoms with E-state index >= 15 is 0 Å². The summed E-state index contributed by atoms with van der Waals surface area (Å²) in [6.45, 7) is 5.28. The lowest BCUT2D eigenvalue weighted by atomic mass is 10.1. The van der Waals surface area contributed by atoms with Gasteiger partial charge in [-0.1, -0.05) is 18.1 Å². The lowest BCUT2D eigenvalue weighted by Crippen LogP contribution is -2.09. The maximum absolute atomic E-state index is 8.54. The number of nitrogens with zero attached hydrogens (tertiary/aromatic N) is 4. The molecule has 108 valence electrons. The van der Waals surface area contributed by atoms with Crippen LogP contribution in [0.15, 0.2) is 35.6 Å². The first-order chi connectivity index (χ1) is 10.2. The van der Waals surface area contributed by atoms with Crippen molar-refractivity contribution >= 4 is 0 Å². The maximum atomic E-state index is 8.54. The highest BCUT2D eigenvalue weighted by Crippen LogP contribution is 2.39. The second-order valence-electron chi connectivity index (χ2n) is 5.32.